The molecule has 2 aromatic rings. The number of rotatable bonds is 5. The molecule has 0 spiro atoms. The van der Waals surface area contributed by atoms with E-state index in [4.69, 9.17) is 11.6 Å². The standard InChI is InChI=1S/C19H19BrClNO3S/c1-26(24,25)17-10-13(6-7-16(17)21)18(23)22-12-19(8-3-9-19)14-4-2-5-15(20)11-14/h2,4-7,10-11H,3,8-9,12H2,1H3,(H,22,23). The maximum atomic E-state index is 12.6. The predicted molar refractivity (Wildman–Crippen MR) is 107 cm³/mol. The Kier molecular flexibility index (Phi) is 5.47. The second-order valence-corrected chi connectivity index (χ2v) is 10.1. The zero-order valence-corrected chi connectivity index (χ0v) is 17.4. The fourth-order valence-corrected chi connectivity index (χ4v) is 4.97. The highest BCUT2D eigenvalue weighted by Crippen LogP contribution is 2.43. The minimum Gasteiger partial charge on any atom is -0.351 e. The summed E-state index contributed by atoms with van der Waals surface area (Å²) in [5.41, 5.74) is 1.43. The van der Waals surface area contributed by atoms with Crippen LogP contribution in [0.3, 0.4) is 0 Å². The lowest BCUT2D eigenvalue weighted by Gasteiger charge is -2.42. The predicted octanol–water partition coefficient (Wildman–Crippen LogP) is 4.36. The van der Waals surface area contributed by atoms with Crippen molar-refractivity contribution >= 4 is 43.3 Å². The van der Waals surface area contributed by atoms with Crippen molar-refractivity contribution in [3.8, 4) is 0 Å². The number of halogens is 2. The van der Waals surface area contributed by atoms with Crippen LogP contribution in [0.5, 0.6) is 0 Å². The van der Waals surface area contributed by atoms with E-state index in [1.807, 2.05) is 12.1 Å². The Morgan fingerprint density at radius 3 is 2.54 bits per heavy atom. The first-order valence-electron chi connectivity index (χ1n) is 8.25. The molecule has 0 atom stereocenters. The number of amides is 1. The Morgan fingerprint density at radius 1 is 1.23 bits per heavy atom. The molecule has 1 N–H and O–H groups in total. The summed E-state index contributed by atoms with van der Waals surface area (Å²) in [4.78, 5) is 12.5. The monoisotopic (exact) mass is 455 g/mol. The molecule has 0 heterocycles. The van der Waals surface area contributed by atoms with Gasteiger partial charge in [0.25, 0.3) is 5.91 Å². The van der Waals surface area contributed by atoms with E-state index in [-0.39, 0.29) is 21.2 Å². The van der Waals surface area contributed by atoms with Crippen molar-refractivity contribution in [2.45, 2.75) is 29.6 Å². The zero-order chi connectivity index (χ0) is 18.9. The lowest BCUT2D eigenvalue weighted by atomic mass is 9.64. The third kappa shape index (κ3) is 3.97. The van der Waals surface area contributed by atoms with Gasteiger partial charge in [-0.1, -0.05) is 46.1 Å². The van der Waals surface area contributed by atoms with Crippen molar-refractivity contribution in [1.82, 2.24) is 5.32 Å². The second kappa shape index (κ2) is 7.33. The molecule has 1 amide bonds. The van der Waals surface area contributed by atoms with Crippen molar-refractivity contribution in [2.75, 3.05) is 12.8 Å². The molecule has 0 aliphatic heterocycles. The molecule has 0 unspecified atom stereocenters. The first-order chi connectivity index (χ1) is 12.2. The van der Waals surface area contributed by atoms with Gasteiger partial charge in [-0.15, -0.1) is 0 Å². The smallest absolute Gasteiger partial charge is 0.251 e. The Balaban J connectivity index is 1.78. The van der Waals surface area contributed by atoms with Gasteiger partial charge in [0, 0.05) is 28.3 Å². The summed E-state index contributed by atoms with van der Waals surface area (Å²) in [6, 6.07) is 12.5. The summed E-state index contributed by atoms with van der Waals surface area (Å²) in [6.45, 7) is 0.513. The summed E-state index contributed by atoms with van der Waals surface area (Å²) in [6.07, 6.45) is 4.23. The molecular formula is C19H19BrClNO3S. The minimum atomic E-state index is -3.49. The van der Waals surface area contributed by atoms with Gasteiger partial charge in [-0.05, 0) is 48.7 Å². The van der Waals surface area contributed by atoms with E-state index in [9.17, 15) is 13.2 Å². The van der Waals surface area contributed by atoms with Gasteiger partial charge >= 0.3 is 0 Å². The van der Waals surface area contributed by atoms with Crippen LogP contribution in [0.15, 0.2) is 51.8 Å². The van der Waals surface area contributed by atoms with Crippen LogP contribution < -0.4 is 5.32 Å². The van der Waals surface area contributed by atoms with Crippen LogP contribution in [0.25, 0.3) is 0 Å². The van der Waals surface area contributed by atoms with Crippen LogP contribution in [0.4, 0.5) is 0 Å². The second-order valence-electron chi connectivity index (χ2n) is 6.74. The Labute approximate surface area is 167 Å². The van der Waals surface area contributed by atoms with Crippen LogP contribution >= 0.6 is 27.5 Å². The first-order valence-corrected chi connectivity index (χ1v) is 11.3. The van der Waals surface area contributed by atoms with E-state index in [0.29, 0.717) is 12.1 Å². The summed E-state index contributed by atoms with van der Waals surface area (Å²) in [5, 5.41) is 3.08. The number of carbonyl (C=O) groups is 1. The van der Waals surface area contributed by atoms with Crippen molar-refractivity contribution < 1.29 is 13.2 Å². The lowest BCUT2D eigenvalue weighted by Crippen LogP contribution is -2.45. The topological polar surface area (TPSA) is 63.2 Å². The van der Waals surface area contributed by atoms with Gasteiger partial charge < -0.3 is 5.32 Å². The molecule has 3 rings (SSSR count). The van der Waals surface area contributed by atoms with Gasteiger partial charge in [0.1, 0.15) is 0 Å². The molecule has 2 aromatic carbocycles. The van der Waals surface area contributed by atoms with Gasteiger partial charge in [0.05, 0.1) is 9.92 Å². The van der Waals surface area contributed by atoms with E-state index in [2.05, 4.69) is 33.4 Å². The number of nitrogens with one attached hydrogen (secondary N) is 1. The lowest BCUT2D eigenvalue weighted by molar-refractivity contribution is 0.0927. The van der Waals surface area contributed by atoms with Crippen LogP contribution in [-0.2, 0) is 15.3 Å². The first kappa shape index (κ1) is 19.4. The fraction of sp³-hybridized carbons (Fsp3) is 0.316. The Hall–Kier alpha value is -1.37. The SMILES string of the molecule is CS(=O)(=O)c1cc(C(=O)NCC2(c3cccc(Br)c3)CCC2)ccc1Cl. The molecular weight excluding hydrogens is 438 g/mol. The maximum Gasteiger partial charge on any atom is 0.251 e. The highest BCUT2D eigenvalue weighted by Gasteiger charge is 2.39. The number of hydrogen-bond acceptors (Lipinski definition) is 3. The highest BCUT2D eigenvalue weighted by molar-refractivity contribution is 9.10. The zero-order valence-electron chi connectivity index (χ0n) is 14.3. The van der Waals surface area contributed by atoms with E-state index < -0.39 is 9.84 Å². The van der Waals surface area contributed by atoms with Gasteiger partial charge in [0.2, 0.25) is 0 Å². The normalized spacial score (nSPS) is 16.0. The molecule has 1 aliphatic carbocycles. The van der Waals surface area contributed by atoms with Gasteiger partial charge in [-0.25, -0.2) is 8.42 Å². The molecule has 0 bridgehead atoms. The summed E-state index contributed by atoms with van der Waals surface area (Å²) in [7, 11) is -3.49. The van der Waals surface area contributed by atoms with Crippen LogP contribution in [-0.4, -0.2) is 27.1 Å². The van der Waals surface area contributed by atoms with Gasteiger partial charge in [-0.3, -0.25) is 4.79 Å². The number of hydrogen-bond donors (Lipinski definition) is 1. The summed E-state index contributed by atoms with van der Waals surface area (Å²) in [5.74, 6) is -0.298. The molecule has 1 aliphatic rings. The third-order valence-corrected chi connectivity index (χ3v) is 7.00. The van der Waals surface area contributed by atoms with E-state index in [1.165, 1.54) is 17.7 Å². The minimum absolute atomic E-state index is 0.0304. The molecule has 0 aromatic heterocycles. The highest BCUT2D eigenvalue weighted by atomic mass is 79.9. The molecule has 1 saturated carbocycles. The number of benzene rings is 2. The van der Waals surface area contributed by atoms with Crippen molar-refractivity contribution in [1.29, 1.82) is 0 Å². The molecule has 0 radical (unpaired) electrons. The fourth-order valence-electron chi connectivity index (χ4n) is 3.27. The van der Waals surface area contributed by atoms with Gasteiger partial charge in [-0.2, -0.15) is 0 Å². The van der Waals surface area contributed by atoms with E-state index in [1.54, 1.807) is 6.07 Å². The molecule has 0 saturated heterocycles. The van der Waals surface area contributed by atoms with E-state index >= 15 is 0 Å². The maximum absolute atomic E-state index is 12.6. The van der Waals surface area contributed by atoms with E-state index in [0.717, 1.165) is 30.0 Å². The molecule has 26 heavy (non-hydrogen) atoms. The number of sulfone groups is 1. The van der Waals surface area contributed by atoms with Gasteiger partial charge in [0.15, 0.2) is 9.84 Å². The largest absolute Gasteiger partial charge is 0.351 e. The molecule has 7 heteroatoms. The average Bonchev–Trinajstić information content (AvgIpc) is 2.53. The molecule has 138 valence electrons. The Morgan fingerprint density at radius 2 is 1.96 bits per heavy atom. The number of carbonyl (C=O) groups excluding carboxylic acids is 1. The average molecular weight is 457 g/mol. The molecule has 1 fully saturated rings. The van der Waals surface area contributed by atoms with Crippen LogP contribution in [0.2, 0.25) is 5.02 Å². The van der Waals surface area contributed by atoms with Crippen LogP contribution in [0, 0.1) is 0 Å². The van der Waals surface area contributed by atoms with Crippen molar-refractivity contribution in [2.24, 2.45) is 0 Å². The quantitative estimate of drug-likeness (QED) is 0.727. The Bertz CT molecular complexity index is 955. The summed E-state index contributed by atoms with van der Waals surface area (Å²) >= 11 is 9.45. The summed E-state index contributed by atoms with van der Waals surface area (Å²) < 4.78 is 24.6. The third-order valence-electron chi connectivity index (χ3n) is 4.93. The van der Waals surface area contributed by atoms with Crippen molar-refractivity contribution in [3.63, 3.8) is 0 Å². The van der Waals surface area contributed by atoms with Crippen LogP contribution in [0.1, 0.15) is 35.2 Å². The van der Waals surface area contributed by atoms with Crippen molar-refractivity contribution in [3.05, 3.63) is 63.1 Å². The molecule has 4 nitrogen and oxygen atoms in total.